The van der Waals surface area contributed by atoms with Crippen LogP contribution < -0.4 is 4.74 Å². The lowest BCUT2D eigenvalue weighted by molar-refractivity contribution is -0.137. The van der Waals surface area contributed by atoms with Crippen LogP contribution in [0.4, 0.5) is 0 Å². The van der Waals surface area contributed by atoms with E-state index < -0.39 is 5.97 Å². The summed E-state index contributed by atoms with van der Waals surface area (Å²) in [5.41, 5.74) is 1.92. The van der Waals surface area contributed by atoms with E-state index in [9.17, 15) is 4.79 Å². The van der Waals surface area contributed by atoms with Gasteiger partial charge in [0, 0.05) is 35.2 Å². The minimum Gasteiger partial charge on any atom is -0.489 e. The molecule has 1 atom stereocenters. The molecule has 2 aromatic rings. The van der Waals surface area contributed by atoms with E-state index in [-0.39, 0.29) is 24.9 Å². The van der Waals surface area contributed by atoms with Gasteiger partial charge in [0.1, 0.15) is 12.4 Å². The van der Waals surface area contributed by atoms with Crippen LogP contribution in [0, 0.1) is 0 Å². The van der Waals surface area contributed by atoms with E-state index in [0.29, 0.717) is 36.3 Å². The lowest BCUT2D eigenvalue weighted by Crippen LogP contribution is -2.39. The molecule has 8 heteroatoms. The van der Waals surface area contributed by atoms with Gasteiger partial charge in [-0.25, -0.2) is 0 Å². The second kappa shape index (κ2) is 10.9. The third-order valence-corrected chi connectivity index (χ3v) is 5.04. The maximum atomic E-state index is 10.7. The number of carboxylic acid groups (broad SMARTS) is 1. The smallest absolute Gasteiger partial charge is 0.304 e. The minimum absolute atomic E-state index is 0. The highest BCUT2D eigenvalue weighted by Gasteiger charge is 2.22. The summed E-state index contributed by atoms with van der Waals surface area (Å²) in [7, 11) is 0. The number of ether oxygens (including phenoxy) is 2. The summed E-state index contributed by atoms with van der Waals surface area (Å²) in [6.07, 6.45) is 0.0829. The van der Waals surface area contributed by atoms with Crippen LogP contribution in [-0.2, 0) is 16.1 Å². The number of aliphatic carboxylic acids is 1. The maximum Gasteiger partial charge on any atom is 0.304 e. The molecule has 152 valence electrons. The summed E-state index contributed by atoms with van der Waals surface area (Å²) in [4.78, 5) is 12.9. The van der Waals surface area contributed by atoms with Crippen LogP contribution in [0.3, 0.4) is 0 Å². The molecule has 0 spiro atoms. The van der Waals surface area contributed by atoms with Gasteiger partial charge in [-0.05, 0) is 29.8 Å². The average Bonchev–Trinajstić information content (AvgIpc) is 2.66. The number of carboxylic acids is 1. The molecular weight excluding hydrogens is 425 g/mol. The summed E-state index contributed by atoms with van der Waals surface area (Å²) in [5.74, 6) is -0.0383. The molecule has 0 aliphatic carbocycles. The molecule has 1 N–H and O–H groups in total. The predicted octanol–water partition coefficient (Wildman–Crippen LogP) is 4.84. The molecule has 1 saturated heterocycles. The highest BCUT2D eigenvalue weighted by atomic mass is 35.5. The van der Waals surface area contributed by atoms with Crippen molar-refractivity contribution >= 4 is 41.6 Å². The third-order valence-electron chi connectivity index (χ3n) is 4.45. The molecule has 3 rings (SSSR count). The van der Waals surface area contributed by atoms with Crippen molar-refractivity contribution in [2.75, 3.05) is 26.2 Å². The van der Waals surface area contributed by atoms with Crippen molar-refractivity contribution in [3.63, 3.8) is 0 Å². The van der Waals surface area contributed by atoms with Gasteiger partial charge in [-0.1, -0.05) is 41.4 Å². The third kappa shape index (κ3) is 6.54. The molecule has 0 amide bonds. The number of rotatable bonds is 7. The molecule has 1 aliphatic heterocycles. The number of hydrogen-bond donors (Lipinski definition) is 1. The molecular formula is C20H22Cl3NO4. The Morgan fingerprint density at radius 3 is 2.64 bits per heavy atom. The van der Waals surface area contributed by atoms with Gasteiger partial charge in [0.2, 0.25) is 0 Å². The van der Waals surface area contributed by atoms with E-state index in [2.05, 4.69) is 4.90 Å². The lowest BCUT2D eigenvalue weighted by atomic mass is 10.1. The van der Waals surface area contributed by atoms with E-state index >= 15 is 0 Å². The van der Waals surface area contributed by atoms with Gasteiger partial charge in [-0.3, -0.25) is 9.69 Å². The molecule has 5 nitrogen and oxygen atoms in total. The number of benzene rings is 2. The van der Waals surface area contributed by atoms with E-state index in [1.54, 1.807) is 12.1 Å². The zero-order chi connectivity index (χ0) is 19.2. The Labute approximate surface area is 180 Å². The fourth-order valence-corrected chi connectivity index (χ4v) is 3.40. The van der Waals surface area contributed by atoms with Gasteiger partial charge in [-0.2, -0.15) is 0 Å². The van der Waals surface area contributed by atoms with Crippen LogP contribution in [0.2, 0.25) is 10.0 Å². The van der Waals surface area contributed by atoms with E-state index in [1.165, 1.54) is 0 Å². The Kier molecular flexibility index (Phi) is 8.86. The molecule has 1 heterocycles. The van der Waals surface area contributed by atoms with Crippen molar-refractivity contribution in [2.45, 2.75) is 19.1 Å². The van der Waals surface area contributed by atoms with Gasteiger partial charge in [-0.15, -0.1) is 12.4 Å². The van der Waals surface area contributed by atoms with Gasteiger partial charge < -0.3 is 14.6 Å². The van der Waals surface area contributed by atoms with Gasteiger partial charge >= 0.3 is 5.97 Å². The number of halogens is 3. The van der Waals surface area contributed by atoms with Crippen LogP contribution in [0.15, 0.2) is 42.5 Å². The molecule has 1 unspecified atom stereocenters. The first-order valence-corrected chi connectivity index (χ1v) is 9.49. The SMILES string of the molecule is Cl.O=C(O)CCN1CCOC(c2ccc(OCc3ccc(Cl)cc3Cl)cc2)C1. The van der Waals surface area contributed by atoms with Gasteiger partial charge in [0.25, 0.3) is 0 Å². The largest absolute Gasteiger partial charge is 0.489 e. The maximum absolute atomic E-state index is 10.7. The fourth-order valence-electron chi connectivity index (χ4n) is 2.94. The van der Waals surface area contributed by atoms with E-state index in [1.807, 2.05) is 30.3 Å². The molecule has 28 heavy (non-hydrogen) atoms. The first-order chi connectivity index (χ1) is 13.0. The zero-order valence-corrected chi connectivity index (χ0v) is 17.5. The first kappa shape index (κ1) is 22.8. The van der Waals surface area contributed by atoms with Crippen molar-refractivity contribution < 1.29 is 19.4 Å². The van der Waals surface area contributed by atoms with Crippen molar-refractivity contribution in [2.24, 2.45) is 0 Å². The Bertz CT molecular complexity index is 786. The Balaban J connectivity index is 0.00000280. The number of carbonyl (C=O) groups is 1. The van der Waals surface area contributed by atoms with Crippen molar-refractivity contribution in [3.8, 4) is 5.75 Å². The fraction of sp³-hybridized carbons (Fsp3) is 0.350. The molecule has 0 radical (unpaired) electrons. The van der Waals surface area contributed by atoms with Gasteiger partial charge in [0.15, 0.2) is 0 Å². The Morgan fingerprint density at radius 2 is 1.96 bits per heavy atom. The summed E-state index contributed by atoms with van der Waals surface area (Å²) in [6, 6.07) is 13.1. The van der Waals surface area contributed by atoms with Crippen molar-refractivity contribution in [1.29, 1.82) is 0 Å². The Morgan fingerprint density at radius 1 is 1.21 bits per heavy atom. The highest BCUT2D eigenvalue weighted by Crippen LogP contribution is 2.26. The summed E-state index contributed by atoms with van der Waals surface area (Å²) in [6.45, 7) is 2.94. The number of nitrogens with zero attached hydrogens (tertiary/aromatic N) is 1. The zero-order valence-electron chi connectivity index (χ0n) is 15.1. The first-order valence-electron chi connectivity index (χ1n) is 8.73. The molecule has 0 aromatic heterocycles. The second-order valence-electron chi connectivity index (χ2n) is 6.40. The van der Waals surface area contributed by atoms with Crippen LogP contribution in [0.1, 0.15) is 23.7 Å². The Hall–Kier alpha value is -1.50. The monoisotopic (exact) mass is 445 g/mol. The standard InChI is InChI=1S/C20H21Cl2NO4.ClH/c21-16-4-1-15(18(22)11-16)13-27-17-5-2-14(3-6-17)19-12-23(9-10-26-19)8-7-20(24)25;/h1-6,11,19H,7-10,12-13H2,(H,24,25);1H. The normalized spacial score (nSPS) is 17.0. The number of morpholine rings is 1. The lowest BCUT2D eigenvalue weighted by Gasteiger charge is -2.32. The van der Waals surface area contributed by atoms with E-state index in [0.717, 1.165) is 23.4 Å². The quantitative estimate of drug-likeness (QED) is 0.659. The molecule has 2 aromatic carbocycles. The minimum atomic E-state index is -0.777. The molecule has 1 fully saturated rings. The van der Waals surface area contributed by atoms with Gasteiger partial charge in [0.05, 0.1) is 19.1 Å². The summed E-state index contributed by atoms with van der Waals surface area (Å²) in [5, 5.41) is 10.0. The second-order valence-corrected chi connectivity index (χ2v) is 7.24. The van der Waals surface area contributed by atoms with Crippen LogP contribution >= 0.6 is 35.6 Å². The summed E-state index contributed by atoms with van der Waals surface area (Å²) < 4.78 is 11.6. The molecule has 0 bridgehead atoms. The number of hydrogen-bond acceptors (Lipinski definition) is 4. The van der Waals surface area contributed by atoms with Crippen molar-refractivity contribution in [3.05, 3.63) is 63.6 Å². The molecule has 0 saturated carbocycles. The topological polar surface area (TPSA) is 59.0 Å². The predicted molar refractivity (Wildman–Crippen MR) is 112 cm³/mol. The summed E-state index contributed by atoms with van der Waals surface area (Å²) >= 11 is 12.1. The molecule has 1 aliphatic rings. The van der Waals surface area contributed by atoms with Crippen LogP contribution in [-0.4, -0.2) is 42.2 Å². The average molecular weight is 447 g/mol. The van der Waals surface area contributed by atoms with Crippen LogP contribution in [0.5, 0.6) is 5.75 Å². The van der Waals surface area contributed by atoms with E-state index in [4.69, 9.17) is 37.8 Å². The van der Waals surface area contributed by atoms with Crippen LogP contribution in [0.25, 0.3) is 0 Å². The van der Waals surface area contributed by atoms with Crippen molar-refractivity contribution in [1.82, 2.24) is 4.90 Å². The highest BCUT2D eigenvalue weighted by molar-refractivity contribution is 6.35.